The number of methoxy groups -OCH3 is 2. The quantitative estimate of drug-likeness (QED) is 0.549. The summed E-state index contributed by atoms with van der Waals surface area (Å²) in [6, 6.07) is 15.6. The molecule has 0 bridgehead atoms. The lowest BCUT2D eigenvalue weighted by molar-refractivity contribution is -0.123. The molecule has 1 fully saturated rings. The summed E-state index contributed by atoms with van der Waals surface area (Å²) in [4.78, 5) is 29.6. The van der Waals surface area contributed by atoms with E-state index in [1.54, 1.807) is 14.2 Å². The van der Waals surface area contributed by atoms with E-state index in [2.05, 4.69) is 17.1 Å². The first-order chi connectivity index (χ1) is 16.5. The Morgan fingerprint density at radius 3 is 2.38 bits per heavy atom. The molecule has 7 heteroatoms. The number of piperidine rings is 1. The van der Waals surface area contributed by atoms with Crippen molar-refractivity contribution in [2.24, 2.45) is 0 Å². The van der Waals surface area contributed by atoms with Gasteiger partial charge in [0.05, 0.1) is 20.8 Å². The van der Waals surface area contributed by atoms with E-state index in [9.17, 15) is 9.59 Å². The highest BCUT2D eigenvalue weighted by atomic mass is 16.5. The standard InChI is InChI=1S/C27H37N3O4/c1-4-16-30(23-13-17-29(18-14-23)27(32)22-8-6-5-7-9-22)20-26(31)28-15-12-21-10-11-24(33-2)25(19-21)34-3/h5-11,19,23H,4,12-18,20H2,1-3H3,(H,28,31). The molecule has 1 saturated heterocycles. The summed E-state index contributed by atoms with van der Waals surface area (Å²) in [6.07, 6.45) is 3.48. The lowest BCUT2D eigenvalue weighted by Crippen LogP contribution is -2.49. The van der Waals surface area contributed by atoms with Crippen molar-refractivity contribution in [3.63, 3.8) is 0 Å². The highest BCUT2D eigenvalue weighted by molar-refractivity contribution is 5.94. The maximum atomic E-state index is 12.7. The van der Waals surface area contributed by atoms with Crippen molar-refractivity contribution in [1.29, 1.82) is 0 Å². The van der Waals surface area contributed by atoms with Crippen LogP contribution in [0.25, 0.3) is 0 Å². The van der Waals surface area contributed by atoms with Crippen LogP contribution in [-0.2, 0) is 11.2 Å². The van der Waals surface area contributed by atoms with Crippen molar-refractivity contribution < 1.29 is 19.1 Å². The first kappa shape index (κ1) is 25.6. The van der Waals surface area contributed by atoms with E-state index in [-0.39, 0.29) is 11.8 Å². The molecule has 1 aliphatic heterocycles. The van der Waals surface area contributed by atoms with E-state index in [1.165, 1.54) is 0 Å². The number of hydrogen-bond donors (Lipinski definition) is 1. The number of benzene rings is 2. The molecule has 0 unspecified atom stereocenters. The van der Waals surface area contributed by atoms with Crippen LogP contribution in [0.1, 0.15) is 42.1 Å². The molecular formula is C27H37N3O4. The fraction of sp³-hybridized carbons (Fsp3) is 0.481. The zero-order valence-electron chi connectivity index (χ0n) is 20.6. The Balaban J connectivity index is 1.46. The number of rotatable bonds is 11. The first-order valence-electron chi connectivity index (χ1n) is 12.1. The molecule has 2 amide bonds. The molecule has 1 aliphatic rings. The zero-order valence-corrected chi connectivity index (χ0v) is 20.6. The molecular weight excluding hydrogens is 430 g/mol. The summed E-state index contributed by atoms with van der Waals surface area (Å²) < 4.78 is 10.6. The summed E-state index contributed by atoms with van der Waals surface area (Å²) in [5, 5.41) is 3.06. The van der Waals surface area contributed by atoms with Crippen LogP contribution in [0.15, 0.2) is 48.5 Å². The molecule has 2 aromatic rings. The predicted molar refractivity (Wildman–Crippen MR) is 133 cm³/mol. The largest absolute Gasteiger partial charge is 0.493 e. The van der Waals surface area contributed by atoms with Crippen LogP contribution in [0.5, 0.6) is 11.5 Å². The highest BCUT2D eigenvalue weighted by Crippen LogP contribution is 2.27. The lowest BCUT2D eigenvalue weighted by Gasteiger charge is -2.38. The van der Waals surface area contributed by atoms with Crippen LogP contribution in [-0.4, -0.2) is 74.6 Å². The van der Waals surface area contributed by atoms with Gasteiger partial charge in [-0.1, -0.05) is 31.2 Å². The highest BCUT2D eigenvalue weighted by Gasteiger charge is 2.28. The van der Waals surface area contributed by atoms with Gasteiger partial charge in [0, 0.05) is 31.2 Å². The lowest BCUT2D eigenvalue weighted by atomic mass is 10.0. The predicted octanol–water partition coefficient (Wildman–Crippen LogP) is 3.38. The minimum atomic E-state index is 0.0386. The van der Waals surface area contributed by atoms with Gasteiger partial charge >= 0.3 is 0 Å². The van der Waals surface area contributed by atoms with Gasteiger partial charge in [0.2, 0.25) is 5.91 Å². The number of hydrogen-bond acceptors (Lipinski definition) is 5. The Labute approximate surface area is 203 Å². The zero-order chi connectivity index (χ0) is 24.3. The van der Waals surface area contributed by atoms with Crippen LogP contribution in [0, 0.1) is 0 Å². The third-order valence-corrected chi connectivity index (χ3v) is 6.33. The summed E-state index contributed by atoms with van der Waals surface area (Å²) in [5.74, 6) is 1.52. The van der Waals surface area contributed by atoms with Crippen LogP contribution < -0.4 is 14.8 Å². The number of likely N-dealkylation sites (tertiary alicyclic amines) is 1. The van der Waals surface area contributed by atoms with Crippen molar-refractivity contribution in [2.75, 3.05) is 46.9 Å². The van der Waals surface area contributed by atoms with Gasteiger partial charge in [-0.15, -0.1) is 0 Å². The Morgan fingerprint density at radius 2 is 1.74 bits per heavy atom. The van der Waals surface area contributed by atoms with Crippen molar-refractivity contribution in [2.45, 2.75) is 38.6 Å². The number of nitrogens with zero attached hydrogens (tertiary/aromatic N) is 2. The summed E-state index contributed by atoms with van der Waals surface area (Å²) in [5.41, 5.74) is 1.82. The number of nitrogens with one attached hydrogen (secondary N) is 1. The Kier molecular flexibility index (Phi) is 9.76. The Bertz CT molecular complexity index is 927. The van der Waals surface area contributed by atoms with Crippen LogP contribution in [0.4, 0.5) is 0 Å². The molecule has 0 aliphatic carbocycles. The molecule has 34 heavy (non-hydrogen) atoms. The smallest absolute Gasteiger partial charge is 0.253 e. The first-order valence-corrected chi connectivity index (χ1v) is 12.1. The van der Waals surface area contributed by atoms with E-state index in [0.717, 1.165) is 56.4 Å². The van der Waals surface area contributed by atoms with Gasteiger partial charge in [0.15, 0.2) is 11.5 Å². The average Bonchev–Trinajstić information content (AvgIpc) is 2.88. The van der Waals surface area contributed by atoms with Gasteiger partial charge in [-0.2, -0.15) is 0 Å². The summed E-state index contributed by atoms with van der Waals surface area (Å²) in [6.45, 7) is 5.41. The van der Waals surface area contributed by atoms with E-state index >= 15 is 0 Å². The molecule has 0 saturated carbocycles. The second-order valence-electron chi connectivity index (χ2n) is 8.65. The van der Waals surface area contributed by atoms with Crippen molar-refractivity contribution in [3.8, 4) is 11.5 Å². The van der Waals surface area contributed by atoms with Crippen molar-refractivity contribution in [3.05, 3.63) is 59.7 Å². The molecule has 1 N–H and O–H groups in total. The second kappa shape index (κ2) is 13.0. The van der Waals surface area contributed by atoms with E-state index in [0.29, 0.717) is 30.6 Å². The fourth-order valence-electron chi connectivity index (χ4n) is 4.50. The Hall–Kier alpha value is -3.06. The maximum Gasteiger partial charge on any atom is 0.253 e. The fourth-order valence-corrected chi connectivity index (χ4v) is 4.50. The molecule has 3 rings (SSSR count). The van der Waals surface area contributed by atoms with E-state index < -0.39 is 0 Å². The monoisotopic (exact) mass is 467 g/mol. The summed E-state index contributed by atoms with van der Waals surface area (Å²) >= 11 is 0. The van der Waals surface area contributed by atoms with E-state index in [4.69, 9.17) is 9.47 Å². The molecule has 2 aromatic carbocycles. The number of carbonyl (C=O) groups is 2. The van der Waals surface area contributed by atoms with Gasteiger partial charge in [-0.05, 0) is 62.1 Å². The van der Waals surface area contributed by atoms with Crippen molar-refractivity contribution >= 4 is 11.8 Å². The molecule has 0 aromatic heterocycles. The molecule has 0 atom stereocenters. The average molecular weight is 468 g/mol. The van der Waals surface area contributed by atoms with Gasteiger partial charge in [0.1, 0.15) is 0 Å². The molecule has 0 spiro atoms. The molecule has 184 valence electrons. The minimum Gasteiger partial charge on any atom is -0.493 e. The number of carbonyl (C=O) groups excluding carboxylic acids is 2. The maximum absolute atomic E-state index is 12.7. The summed E-state index contributed by atoms with van der Waals surface area (Å²) in [7, 11) is 3.23. The van der Waals surface area contributed by atoms with E-state index in [1.807, 2.05) is 53.4 Å². The van der Waals surface area contributed by atoms with Gasteiger partial charge in [-0.25, -0.2) is 0 Å². The number of amides is 2. The molecule has 0 radical (unpaired) electrons. The SMILES string of the molecule is CCCN(CC(=O)NCCc1ccc(OC)c(OC)c1)C1CCN(C(=O)c2ccccc2)CC1. The van der Waals surface area contributed by atoms with Crippen LogP contribution in [0.3, 0.4) is 0 Å². The van der Waals surface area contributed by atoms with Crippen LogP contribution >= 0.6 is 0 Å². The van der Waals surface area contributed by atoms with Gasteiger partial charge < -0.3 is 19.7 Å². The topological polar surface area (TPSA) is 71.1 Å². The number of ether oxygens (including phenoxy) is 2. The van der Waals surface area contributed by atoms with Crippen molar-refractivity contribution in [1.82, 2.24) is 15.1 Å². The molecule has 1 heterocycles. The third kappa shape index (κ3) is 6.97. The van der Waals surface area contributed by atoms with Gasteiger partial charge in [0.25, 0.3) is 5.91 Å². The molecule has 7 nitrogen and oxygen atoms in total. The normalized spacial score (nSPS) is 14.2. The minimum absolute atomic E-state index is 0.0386. The Morgan fingerprint density at radius 1 is 1.03 bits per heavy atom. The van der Waals surface area contributed by atoms with Crippen LogP contribution in [0.2, 0.25) is 0 Å². The van der Waals surface area contributed by atoms with Gasteiger partial charge in [-0.3, -0.25) is 14.5 Å². The second-order valence-corrected chi connectivity index (χ2v) is 8.65. The third-order valence-electron chi connectivity index (χ3n) is 6.33.